The standard InChI is InChI=1S/C25H26N4/c1-2-7-19(8-3-1)22-10-6-11-24-23(22)17-28-25(20-12-15-26-16-13-20)29(24)18-21-9-4-5-14-27-21/h1-11,14,20,26H,12-13,15-18H2. The minimum atomic E-state index is 0.508. The Morgan fingerprint density at radius 2 is 1.72 bits per heavy atom. The third-order valence-corrected chi connectivity index (χ3v) is 5.95. The molecule has 29 heavy (non-hydrogen) atoms. The fourth-order valence-electron chi connectivity index (χ4n) is 4.50. The van der Waals surface area contributed by atoms with Gasteiger partial charge in [0, 0.05) is 23.4 Å². The molecule has 2 aliphatic rings. The zero-order valence-electron chi connectivity index (χ0n) is 16.6. The summed E-state index contributed by atoms with van der Waals surface area (Å²) in [4.78, 5) is 12.2. The number of pyridine rings is 1. The van der Waals surface area contributed by atoms with Crippen molar-refractivity contribution in [1.82, 2.24) is 10.3 Å². The number of hydrogen-bond donors (Lipinski definition) is 1. The monoisotopic (exact) mass is 382 g/mol. The predicted molar refractivity (Wildman–Crippen MR) is 119 cm³/mol. The maximum atomic E-state index is 5.15. The highest BCUT2D eigenvalue weighted by atomic mass is 15.2. The lowest BCUT2D eigenvalue weighted by atomic mass is 9.91. The Morgan fingerprint density at radius 1 is 0.897 bits per heavy atom. The SMILES string of the molecule is c1ccc(-c2cccc3c2CN=C(C2CCNCC2)N3Cc2ccccn2)cc1. The number of amidine groups is 1. The van der Waals surface area contributed by atoms with Crippen molar-refractivity contribution in [3.8, 4) is 11.1 Å². The fourth-order valence-corrected chi connectivity index (χ4v) is 4.50. The second-order valence-electron chi connectivity index (χ2n) is 7.78. The maximum Gasteiger partial charge on any atom is 0.107 e. The molecule has 0 spiro atoms. The highest BCUT2D eigenvalue weighted by Gasteiger charge is 2.30. The topological polar surface area (TPSA) is 40.5 Å². The summed E-state index contributed by atoms with van der Waals surface area (Å²) in [5, 5.41) is 3.48. The zero-order valence-corrected chi connectivity index (χ0v) is 16.6. The molecule has 2 aromatic carbocycles. The van der Waals surface area contributed by atoms with Crippen molar-refractivity contribution < 1.29 is 0 Å². The van der Waals surface area contributed by atoms with Gasteiger partial charge in [-0.25, -0.2) is 0 Å². The minimum Gasteiger partial charge on any atom is -0.324 e. The van der Waals surface area contributed by atoms with Crippen molar-refractivity contribution in [2.75, 3.05) is 18.0 Å². The quantitative estimate of drug-likeness (QED) is 0.713. The summed E-state index contributed by atoms with van der Waals surface area (Å²) in [5.41, 5.74) is 6.20. The largest absolute Gasteiger partial charge is 0.324 e. The first kappa shape index (κ1) is 18.1. The Kier molecular flexibility index (Phi) is 5.10. The number of nitrogens with one attached hydrogen (secondary N) is 1. The Bertz CT molecular complexity index is 992. The average molecular weight is 383 g/mol. The number of nitrogens with zero attached hydrogens (tertiary/aromatic N) is 3. The van der Waals surface area contributed by atoms with Gasteiger partial charge in [0.05, 0.1) is 18.8 Å². The van der Waals surface area contributed by atoms with E-state index in [2.05, 4.69) is 75.9 Å². The summed E-state index contributed by atoms with van der Waals surface area (Å²) in [6.45, 7) is 3.64. The molecule has 1 N–H and O–H groups in total. The summed E-state index contributed by atoms with van der Waals surface area (Å²) < 4.78 is 0. The first-order valence-corrected chi connectivity index (χ1v) is 10.5. The van der Waals surface area contributed by atoms with Crippen LogP contribution in [0.1, 0.15) is 24.1 Å². The first-order chi connectivity index (χ1) is 14.4. The van der Waals surface area contributed by atoms with Crippen molar-refractivity contribution in [1.29, 1.82) is 0 Å². The normalized spacial score (nSPS) is 17.0. The van der Waals surface area contributed by atoms with Crippen LogP contribution in [0.15, 0.2) is 77.9 Å². The van der Waals surface area contributed by atoms with Gasteiger partial charge in [-0.15, -0.1) is 0 Å². The van der Waals surface area contributed by atoms with Gasteiger partial charge in [-0.05, 0) is 55.3 Å². The number of benzene rings is 2. The molecule has 146 valence electrons. The van der Waals surface area contributed by atoms with Gasteiger partial charge in [0.2, 0.25) is 0 Å². The Morgan fingerprint density at radius 3 is 2.52 bits per heavy atom. The van der Waals surface area contributed by atoms with E-state index in [1.54, 1.807) is 0 Å². The van der Waals surface area contributed by atoms with Crippen LogP contribution in [0.5, 0.6) is 0 Å². The van der Waals surface area contributed by atoms with Crippen molar-refractivity contribution in [2.45, 2.75) is 25.9 Å². The lowest BCUT2D eigenvalue weighted by Crippen LogP contribution is -2.43. The molecule has 0 bridgehead atoms. The molecule has 0 saturated carbocycles. The van der Waals surface area contributed by atoms with Crippen molar-refractivity contribution in [3.05, 3.63) is 84.2 Å². The van der Waals surface area contributed by atoms with Gasteiger partial charge in [-0.2, -0.15) is 0 Å². The molecule has 3 heterocycles. The van der Waals surface area contributed by atoms with E-state index in [9.17, 15) is 0 Å². The average Bonchev–Trinajstić information content (AvgIpc) is 2.81. The summed E-state index contributed by atoms with van der Waals surface area (Å²) in [7, 11) is 0. The van der Waals surface area contributed by atoms with Gasteiger partial charge in [0.1, 0.15) is 5.84 Å². The molecule has 3 aromatic rings. The van der Waals surface area contributed by atoms with Gasteiger partial charge in [-0.1, -0.05) is 48.5 Å². The second-order valence-corrected chi connectivity index (χ2v) is 7.78. The second kappa shape index (κ2) is 8.18. The first-order valence-electron chi connectivity index (χ1n) is 10.5. The lowest BCUT2D eigenvalue weighted by molar-refractivity contribution is 0.450. The van der Waals surface area contributed by atoms with E-state index in [1.807, 2.05) is 12.3 Å². The summed E-state index contributed by atoms with van der Waals surface area (Å²) in [6, 6.07) is 23.4. The molecule has 4 nitrogen and oxygen atoms in total. The number of anilines is 1. The van der Waals surface area contributed by atoms with Crippen molar-refractivity contribution in [3.63, 3.8) is 0 Å². The van der Waals surface area contributed by atoms with Gasteiger partial charge < -0.3 is 10.2 Å². The Balaban J connectivity index is 1.57. The molecule has 0 atom stereocenters. The molecule has 4 heteroatoms. The molecular formula is C25H26N4. The van der Waals surface area contributed by atoms with E-state index in [1.165, 1.54) is 28.2 Å². The van der Waals surface area contributed by atoms with Gasteiger partial charge in [0.15, 0.2) is 0 Å². The number of aromatic nitrogens is 1. The van der Waals surface area contributed by atoms with Crippen LogP contribution in [0.3, 0.4) is 0 Å². The molecule has 0 amide bonds. The van der Waals surface area contributed by atoms with Crippen LogP contribution in [0, 0.1) is 5.92 Å². The summed E-state index contributed by atoms with van der Waals surface area (Å²) in [5.74, 6) is 1.74. The lowest BCUT2D eigenvalue weighted by Gasteiger charge is -2.37. The van der Waals surface area contributed by atoms with Crippen LogP contribution in [-0.2, 0) is 13.1 Å². The third-order valence-electron chi connectivity index (χ3n) is 5.95. The molecule has 1 aromatic heterocycles. The summed E-state index contributed by atoms with van der Waals surface area (Å²) in [6.07, 6.45) is 4.17. The van der Waals surface area contributed by atoms with Gasteiger partial charge >= 0.3 is 0 Å². The number of hydrogen-bond acceptors (Lipinski definition) is 4. The molecule has 1 fully saturated rings. The van der Waals surface area contributed by atoms with Crippen molar-refractivity contribution in [2.24, 2.45) is 10.9 Å². The van der Waals surface area contributed by atoms with Crippen LogP contribution >= 0.6 is 0 Å². The molecule has 0 aliphatic carbocycles. The molecule has 0 unspecified atom stereocenters. The third kappa shape index (κ3) is 3.68. The highest BCUT2D eigenvalue weighted by Crippen LogP contribution is 2.37. The summed E-state index contributed by atoms with van der Waals surface area (Å²) >= 11 is 0. The van der Waals surface area contributed by atoms with Crippen molar-refractivity contribution >= 4 is 11.5 Å². The molecule has 0 radical (unpaired) electrons. The van der Waals surface area contributed by atoms with Crippen LogP contribution in [-0.4, -0.2) is 23.9 Å². The molecule has 1 saturated heterocycles. The number of rotatable bonds is 4. The van der Waals surface area contributed by atoms with E-state index in [0.717, 1.165) is 44.7 Å². The van der Waals surface area contributed by atoms with E-state index in [4.69, 9.17) is 4.99 Å². The highest BCUT2D eigenvalue weighted by molar-refractivity contribution is 6.02. The minimum absolute atomic E-state index is 0.508. The molecular weight excluding hydrogens is 356 g/mol. The van der Waals surface area contributed by atoms with Crippen LogP contribution in [0.4, 0.5) is 5.69 Å². The number of aliphatic imine (C=N–C) groups is 1. The number of piperidine rings is 1. The maximum absolute atomic E-state index is 5.15. The molecule has 2 aliphatic heterocycles. The fraction of sp³-hybridized carbons (Fsp3) is 0.280. The van der Waals surface area contributed by atoms with Crippen LogP contribution < -0.4 is 10.2 Å². The predicted octanol–water partition coefficient (Wildman–Crippen LogP) is 4.67. The zero-order chi connectivity index (χ0) is 19.5. The Hall–Kier alpha value is -2.98. The van der Waals surface area contributed by atoms with E-state index < -0.39 is 0 Å². The smallest absolute Gasteiger partial charge is 0.107 e. The molecule has 5 rings (SSSR count). The van der Waals surface area contributed by atoms with Gasteiger partial charge in [-0.3, -0.25) is 9.98 Å². The number of fused-ring (bicyclic) bond motifs is 1. The van der Waals surface area contributed by atoms with E-state index in [-0.39, 0.29) is 0 Å². The van der Waals surface area contributed by atoms with Gasteiger partial charge in [0.25, 0.3) is 0 Å². The van der Waals surface area contributed by atoms with Crippen LogP contribution in [0.25, 0.3) is 11.1 Å². The van der Waals surface area contributed by atoms with E-state index in [0.29, 0.717) is 5.92 Å². The van der Waals surface area contributed by atoms with E-state index >= 15 is 0 Å². The Labute approximate surface area is 172 Å². The van der Waals surface area contributed by atoms with Crippen LogP contribution in [0.2, 0.25) is 0 Å².